The molecule has 0 fully saturated rings. The molecule has 102 valence electrons. The van der Waals surface area contributed by atoms with Crippen molar-refractivity contribution in [1.82, 2.24) is 4.90 Å². The number of nitrogens with zero attached hydrogens (tertiary/aromatic N) is 2. The predicted molar refractivity (Wildman–Crippen MR) is 84.7 cm³/mol. The maximum Gasteiger partial charge on any atom is 0.0919 e. The molecule has 0 saturated carbocycles. The van der Waals surface area contributed by atoms with Gasteiger partial charge in [0.1, 0.15) is 0 Å². The van der Waals surface area contributed by atoms with Crippen molar-refractivity contribution >= 4 is 12.0 Å². The van der Waals surface area contributed by atoms with Gasteiger partial charge in [-0.3, -0.25) is 0 Å². The second-order valence-electron chi connectivity index (χ2n) is 5.76. The average Bonchev–Trinajstić information content (AvgIpc) is 2.43. The van der Waals surface area contributed by atoms with Crippen molar-refractivity contribution in [2.45, 2.75) is 26.3 Å². The molecule has 1 atom stereocenters. The minimum absolute atomic E-state index is 0.171. The van der Waals surface area contributed by atoms with Crippen molar-refractivity contribution in [3.63, 3.8) is 0 Å². The molecule has 0 saturated heterocycles. The average molecular weight is 264 g/mol. The van der Waals surface area contributed by atoms with Gasteiger partial charge in [0.15, 0.2) is 0 Å². The molecule has 1 heterocycles. The molecule has 2 heteroatoms. The van der Waals surface area contributed by atoms with E-state index in [1.165, 1.54) is 22.3 Å². The molecule has 20 heavy (non-hydrogen) atoms. The molecular formula is C18H20N2. The SMILES string of the molecule is Cc1ccc2c(c1)N=CN(C)C2(C)c1ccccc1C. The maximum absolute atomic E-state index is 4.59. The first kappa shape index (κ1) is 12.9. The summed E-state index contributed by atoms with van der Waals surface area (Å²) in [7, 11) is 2.10. The number of aryl methyl sites for hydroxylation is 2. The Morgan fingerprint density at radius 2 is 1.75 bits per heavy atom. The summed E-state index contributed by atoms with van der Waals surface area (Å²) >= 11 is 0. The van der Waals surface area contributed by atoms with Crippen LogP contribution in [0.2, 0.25) is 0 Å². The van der Waals surface area contributed by atoms with Gasteiger partial charge in [-0.05, 0) is 43.5 Å². The molecule has 0 aliphatic carbocycles. The molecule has 2 aromatic carbocycles. The van der Waals surface area contributed by atoms with E-state index in [2.05, 4.69) is 80.2 Å². The molecule has 3 rings (SSSR count). The number of benzene rings is 2. The van der Waals surface area contributed by atoms with Gasteiger partial charge < -0.3 is 4.90 Å². The van der Waals surface area contributed by atoms with Crippen LogP contribution in [0.15, 0.2) is 47.5 Å². The number of aliphatic imine (C=N–C) groups is 1. The molecule has 2 nitrogen and oxygen atoms in total. The highest BCUT2D eigenvalue weighted by atomic mass is 15.2. The van der Waals surface area contributed by atoms with Crippen LogP contribution >= 0.6 is 0 Å². The Kier molecular flexibility index (Phi) is 2.89. The van der Waals surface area contributed by atoms with E-state index in [9.17, 15) is 0 Å². The molecule has 0 radical (unpaired) electrons. The topological polar surface area (TPSA) is 15.6 Å². The van der Waals surface area contributed by atoms with E-state index in [4.69, 9.17) is 0 Å². The summed E-state index contributed by atoms with van der Waals surface area (Å²) in [5, 5.41) is 0. The molecule has 1 unspecified atom stereocenters. The molecule has 1 aliphatic rings. The van der Waals surface area contributed by atoms with Crippen LogP contribution in [0.3, 0.4) is 0 Å². The van der Waals surface area contributed by atoms with Crippen molar-refractivity contribution in [2.24, 2.45) is 4.99 Å². The van der Waals surface area contributed by atoms with E-state index < -0.39 is 0 Å². The van der Waals surface area contributed by atoms with Crippen LogP contribution in [0, 0.1) is 13.8 Å². The number of hydrogen-bond donors (Lipinski definition) is 0. The first-order valence-electron chi connectivity index (χ1n) is 6.98. The summed E-state index contributed by atoms with van der Waals surface area (Å²) in [6.45, 7) is 6.56. The fraction of sp³-hybridized carbons (Fsp3) is 0.278. The van der Waals surface area contributed by atoms with Crippen LogP contribution in [-0.2, 0) is 5.54 Å². The third-order valence-electron chi connectivity index (χ3n) is 4.42. The minimum Gasteiger partial charge on any atom is -0.352 e. The molecule has 0 amide bonds. The fourth-order valence-electron chi connectivity index (χ4n) is 3.07. The lowest BCUT2D eigenvalue weighted by Crippen LogP contribution is -2.43. The van der Waals surface area contributed by atoms with Crippen LogP contribution in [-0.4, -0.2) is 18.3 Å². The van der Waals surface area contributed by atoms with Crippen LogP contribution in [0.25, 0.3) is 0 Å². The van der Waals surface area contributed by atoms with Gasteiger partial charge in [-0.2, -0.15) is 0 Å². The zero-order valence-electron chi connectivity index (χ0n) is 12.5. The highest BCUT2D eigenvalue weighted by Crippen LogP contribution is 2.43. The van der Waals surface area contributed by atoms with E-state index in [0.29, 0.717) is 0 Å². The van der Waals surface area contributed by atoms with E-state index in [1.54, 1.807) is 0 Å². The summed E-state index contributed by atoms with van der Waals surface area (Å²) in [5.74, 6) is 0. The van der Waals surface area contributed by atoms with E-state index in [-0.39, 0.29) is 5.54 Å². The highest BCUT2D eigenvalue weighted by molar-refractivity contribution is 5.72. The summed E-state index contributed by atoms with van der Waals surface area (Å²) in [6, 6.07) is 15.1. The lowest BCUT2D eigenvalue weighted by molar-refractivity contribution is 0.291. The van der Waals surface area contributed by atoms with Gasteiger partial charge in [-0.15, -0.1) is 0 Å². The number of rotatable bonds is 1. The summed E-state index contributed by atoms with van der Waals surface area (Å²) in [6.07, 6.45) is 1.94. The molecule has 0 aromatic heterocycles. The third-order valence-corrected chi connectivity index (χ3v) is 4.42. The van der Waals surface area contributed by atoms with Crippen LogP contribution < -0.4 is 0 Å². The quantitative estimate of drug-likeness (QED) is 0.754. The fourth-order valence-corrected chi connectivity index (χ4v) is 3.07. The summed E-state index contributed by atoms with van der Waals surface area (Å²) in [4.78, 5) is 6.79. The van der Waals surface area contributed by atoms with Gasteiger partial charge in [0, 0.05) is 12.6 Å². The van der Waals surface area contributed by atoms with E-state index in [0.717, 1.165) is 5.69 Å². The first-order valence-corrected chi connectivity index (χ1v) is 6.98. The third kappa shape index (κ3) is 1.75. The molecule has 1 aliphatic heterocycles. The van der Waals surface area contributed by atoms with Crippen LogP contribution in [0.4, 0.5) is 5.69 Å². The zero-order valence-corrected chi connectivity index (χ0v) is 12.5. The molecular weight excluding hydrogens is 244 g/mol. The Morgan fingerprint density at radius 3 is 2.50 bits per heavy atom. The lowest BCUT2D eigenvalue weighted by atomic mass is 9.79. The lowest BCUT2D eigenvalue weighted by Gasteiger charge is -2.42. The Balaban J connectivity index is 2.28. The van der Waals surface area contributed by atoms with Crippen LogP contribution in [0.5, 0.6) is 0 Å². The zero-order chi connectivity index (χ0) is 14.3. The predicted octanol–water partition coefficient (Wildman–Crippen LogP) is 4.17. The minimum atomic E-state index is -0.171. The summed E-state index contributed by atoms with van der Waals surface area (Å²) < 4.78 is 0. The second-order valence-corrected chi connectivity index (χ2v) is 5.76. The normalized spacial score (nSPS) is 20.9. The monoisotopic (exact) mass is 264 g/mol. The van der Waals surface area contributed by atoms with Gasteiger partial charge in [-0.25, -0.2) is 4.99 Å². The van der Waals surface area contributed by atoms with Gasteiger partial charge in [0.05, 0.1) is 17.6 Å². The Hall–Kier alpha value is -2.09. The Morgan fingerprint density at radius 1 is 1.00 bits per heavy atom. The van der Waals surface area contributed by atoms with E-state index in [1.807, 2.05) is 6.34 Å². The van der Waals surface area contributed by atoms with Gasteiger partial charge in [-0.1, -0.05) is 36.4 Å². The van der Waals surface area contributed by atoms with Gasteiger partial charge in [0.2, 0.25) is 0 Å². The van der Waals surface area contributed by atoms with Crippen molar-refractivity contribution in [3.05, 3.63) is 64.7 Å². The van der Waals surface area contributed by atoms with E-state index >= 15 is 0 Å². The first-order chi connectivity index (χ1) is 9.53. The molecule has 0 bridgehead atoms. The maximum atomic E-state index is 4.59. The molecule has 0 N–H and O–H groups in total. The Bertz CT molecular complexity index is 688. The number of hydrogen-bond acceptors (Lipinski definition) is 2. The van der Waals surface area contributed by atoms with Gasteiger partial charge >= 0.3 is 0 Å². The molecule has 2 aromatic rings. The van der Waals surface area contributed by atoms with Gasteiger partial charge in [0.25, 0.3) is 0 Å². The van der Waals surface area contributed by atoms with Crippen LogP contribution in [0.1, 0.15) is 29.2 Å². The summed E-state index contributed by atoms with van der Waals surface area (Å²) in [5.41, 5.74) is 6.06. The van der Waals surface area contributed by atoms with Crippen molar-refractivity contribution in [3.8, 4) is 0 Å². The standard InChI is InChI=1S/C18H20N2/c1-13-9-10-16-17(11-13)19-12-20(4)18(16,3)15-8-6-5-7-14(15)2/h5-12H,1-4H3. The smallest absolute Gasteiger partial charge is 0.0919 e. The van der Waals surface area contributed by atoms with Crippen molar-refractivity contribution < 1.29 is 0 Å². The highest BCUT2D eigenvalue weighted by Gasteiger charge is 2.37. The van der Waals surface area contributed by atoms with Crippen molar-refractivity contribution in [1.29, 1.82) is 0 Å². The second kappa shape index (κ2) is 4.48. The van der Waals surface area contributed by atoms with Crippen molar-refractivity contribution in [2.75, 3.05) is 7.05 Å². The largest absolute Gasteiger partial charge is 0.352 e. The Labute approximate surface area is 120 Å². The molecule has 0 spiro atoms. The number of fused-ring (bicyclic) bond motifs is 1.